The van der Waals surface area contributed by atoms with Crippen LogP contribution in [-0.2, 0) is 9.47 Å². The van der Waals surface area contributed by atoms with Crippen LogP contribution in [0.4, 0.5) is 0 Å². The average molecular weight is 422 g/mol. The fraction of sp³-hybridized carbons (Fsp3) is 0.300. The first-order chi connectivity index (χ1) is 14.0. The molecule has 10 heteroatoms. The molecule has 0 saturated carbocycles. The normalized spacial score (nSPS) is 12.8. The molecule has 0 aliphatic heterocycles. The maximum atomic E-state index is 12.1. The zero-order valence-corrected chi connectivity index (χ0v) is 16.2. The number of carbonyl (C=O) groups is 2. The van der Waals surface area contributed by atoms with E-state index in [-0.39, 0.29) is 33.8 Å². The van der Waals surface area contributed by atoms with E-state index in [9.17, 15) is 40.2 Å². The van der Waals surface area contributed by atoms with Crippen molar-refractivity contribution in [3.8, 4) is 23.0 Å². The molecule has 2 rings (SSSR count). The van der Waals surface area contributed by atoms with Crippen molar-refractivity contribution in [2.45, 2.75) is 26.1 Å². The number of phenolic OH excluding ortho intramolecular Hbond substituents is 4. The Bertz CT molecular complexity index is 829. The van der Waals surface area contributed by atoms with Crippen molar-refractivity contribution in [1.82, 2.24) is 0 Å². The molecule has 0 aliphatic carbocycles. The molecule has 0 unspecified atom stereocenters. The van der Waals surface area contributed by atoms with Crippen LogP contribution in [0.1, 0.15) is 31.8 Å². The van der Waals surface area contributed by atoms with Gasteiger partial charge in [-0.15, -0.1) is 0 Å². The van der Waals surface area contributed by atoms with Crippen LogP contribution < -0.4 is 0 Å². The molecule has 10 nitrogen and oxygen atoms in total. The first-order valence-corrected chi connectivity index (χ1v) is 8.76. The van der Waals surface area contributed by atoms with E-state index >= 15 is 0 Å². The number of aliphatic hydroxyl groups is 2. The molecule has 0 spiro atoms. The van der Waals surface area contributed by atoms with E-state index in [2.05, 4.69) is 0 Å². The summed E-state index contributed by atoms with van der Waals surface area (Å²) in [5, 5.41) is 58.1. The third-order valence-electron chi connectivity index (χ3n) is 4.22. The number of hydrogen-bond donors (Lipinski definition) is 6. The number of phenols is 4. The van der Waals surface area contributed by atoms with Crippen LogP contribution in [-0.4, -0.2) is 68.0 Å². The molecule has 0 radical (unpaired) electrons. The highest BCUT2D eigenvalue weighted by atomic mass is 16.6. The zero-order valence-electron chi connectivity index (χ0n) is 16.2. The number of carbonyl (C=O) groups excluding carboxylic acids is 2. The summed E-state index contributed by atoms with van der Waals surface area (Å²) in [6, 6.07) is 4.38. The van der Waals surface area contributed by atoms with Gasteiger partial charge in [-0.1, -0.05) is 0 Å². The lowest BCUT2D eigenvalue weighted by atomic mass is 10.1. The van der Waals surface area contributed by atoms with E-state index < -0.39 is 48.9 Å². The minimum atomic E-state index is -1.61. The molecule has 2 atom stereocenters. The molecule has 0 bridgehead atoms. The minimum Gasteiger partial charge on any atom is -0.508 e. The van der Waals surface area contributed by atoms with Crippen molar-refractivity contribution in [3.05, 3.63) is 46.5 Å². The van der Waals surface area contributed by atoms with E-state index in [1.165, 1.54) is 26.0 Å². The van der Waals surface area contributed by atoms with Gasteiger partial charge in [0, 0.05) is 12.1 Å². The molecule has 30 heavy (non-hydrogen) atoms. The van der Waals surface area contributed by atoms with Crippen LogP contribution in [0.15, 0.2) is 24.3 Å². The van der Waals surface area contributed by atoms with Gasteiger partial charge in [0.25, 0.3) is 0 Å². The van der Waals surface area contributed by atoms with Crippen LogP contribution in [0.3, 0.4) is 0 Å². The van der Waals surface area contributed by atoms with E-state index in [1.807, 2.05) is 0 Å². The topological polar surface area (TPSA) is 174 Å². The molecule has 0 amide bonds. The van der Waals surface area contributed by atoms with Crippen LogP contribution in [0, 0.1) is 13.8 Å². The number of rotatable bonds is 7. The fourth-order valence-electron chi connectivity index (χ4n) is 2.72. The SMILES string of the molecule is Cc1cc(O)cc(O)c1C(=O)OC[C@@H](O)[C@@H](O)COC(=O)c1c(C)cc(O)cc1O. The van der Waals surface area contributed by atoms with E-state index in [0.717, 1.165) is 12.1 Å². The number of ether oxygens (including phenoxy) is 2. The second-order valence-electron chi connectivity index (χ2n) is 6.65. The highest BCUT2D eigenvalue weighted by Crippen LogP contribution is 2.28. The lowest BCUT2D eigenvalue weighted by molar-refractivity contribution is -0.0530. The summed E-state index contributed by atoms with van der Waals surface area (Å²) in [5.41, 5.74) is 0.0643. The highest BCUT2D eigenvalue weighted by Gasteiger charge is 2.24. The summed E-state index contributed by atoms with van der Waals surface area (Å²) in [4.78, 5) is 24.2. The Morgan fingerprint density at radius 1 is 0.733 bits per heavy atom. The van der Waals surface area contributed by atoms with Gasteiger partial charge in [-0.2, -0.15) is 0 Å². The van der Waals surface area contributed by atoms with Gasteiger partial charge in [-0.3, -0.25) is 0 Å². The number of hydrogen-bond acceptors (Lipinski definition) is 10. The van der Waals surface area contributed by atoms with Crippen molar-refractivity contribution in [2.75, 3.05) is 13.2 Å². The molecule has 0 aromatic heterocycles. The molecular formula is C20H22O10. The standard InChI is InChI=1S/C20H22O10/c1-9-3-11(21)5-13(23)17(9)19(27)29-7-15(25)16(26)8-30-20(28)18-10(2)4-12(22)6-14(18)24/h3-6,15-16,21-26H,7-8H2,1-2H3/t15-,16+. The average Bonchev–Trinajstić information content (AvgIpc) is 2.62. The van der Waals surface area contributed by atoms with Gasteiger partial charge in [-0.25, -0.2) is 9.59 Å². The van der Waals surface area contributed by atoms with Crippen LogP contribution >= 0.6 is 0 Å². The predicted molar refractivity (Wildman–Crippen MR) is 102 cm³/mol. The van der Waals surface area contributed by atoms with Gasteiger partial charge in [0.15, 0.2) is 0 Å². The maximum Gasteiger partial charge on any atom is 0.342 e. The van der Waals surface area contributed by atoms with Gasteiger partial charge in [0.1, 0.15) is 59.5 Å². The maximum absolute atomic E-state index is 12.1. The molecule has 162 valence electrons. The smallest absolute Gasteiger partial charge is 0.342 e. The van der Waals surface area contributed by atoms with Gasteiger partial charge in [0.2, 0.25) is 0 Å². The van der Waals surface area contributed by atoms with Crippen molar-refractivity contribution in [2.24, 2.45) is 0 Å². The van der Waals surface area contributed by atoms with Gasteiger partial charge >= 0.3 is 11.9 Å². The Hall–Kier alpha value is -3.50. The monoisotopic (exact) mass is 422 g/mol. The van der Waals surface area contributed by atoms with Gasteiger partial charge in [-0.05, 0) is 37.1 Å². The summed E-state index contributed by atoms with van der Waals surface area (Å²) in [6.07, 6.45) is -3.23. The van der Waals surface area contributed by atoms with E-state index in [1.54, 1.807) is 0 Å². The summed E-state index contributed by atoms with van der Waals surface area (Å²) >= 11 is 0. The molecule has 2 aromatic carbocycles. The summed E-state index contributed by atoms with van der Waals surface area (Å²) in [5.74, 6) is -3.48. The Morgan fingerprint density at radius 3 is 1.37 bits per heavy atom. The zero-order chi connectivity index (χ0) is 22.6. The van der Waals surface area contributed by atoms with E-state index in [0.29, 0.717) is 0 Å². The van der Waals surface area contributed by atoms with Crippen LogP contribution in [0.25, 0.3) is 0 Å². The minimum absolute atomic E-state index is 0.209. The first-order valence-electron chi connectivity index (χ1n) is 8.76. The van der Waals surface area contributed by atoms with Gasteiger partial charge < -0.3 is 40.1 Å². The molecule has 0 saturated heterocycles. The lowest BCUT2D eigenvalue weighted by Gasteiger charge is -2.18. The quantitative estimate of drug-likeness (QED) is 0.351. The highest BCUT2D eigenvalue weighted by molar-refractivity contribution is 5.95. The summed E-state index contributed by atoms with van der Waals surface area (Å²) < 4.78 is 9.71. The summed E-state index contributed by atoms with van der Waals surface area (Å²) in [7, 11) is 0. The third-order valence-corrected chi connectivity index (χ3v) is 4.22. The predicted octanol–water partition coefficient (Wildman–Crippen LogP) is 0.861. The number of esters is 2. The van der Waals surface area contributed by atoms with Crippen molar-refractivity contribution in [3.63, 3.8) is 0 Å². The Morgan fingerprint density at radius 2 is 1.07 bits per heavy atom. The summed E-state index contributed by atoms with van der Waals surface area (Å²) in [6.45, 7) is 1.59. The number of aliphatic hydroxyl groups excluding tert-OH is 2. The lowest BCUT2D eigenvalue weighted by Crippen LogP contribution is -2.36. The molecular weight excluding hydrogens is 400 g/mol. The third kappa shape index (κ3) is 5.31. The van der Waals surface area contributed by atoms with Crippen molar-refractivity contribution < 1.29 is 49.7 Å². The molecule has 6 N–H and O–H groups in total. The molecule has 0 fully saturated rings. The number of benzene rings is 2. The first kappa shape index (κ1) is 22.8. The van der Waals surface area contributed by atoms with Gasteiger partial charge in [0.05, 0.1) is 0 Å². The van der Waals surface area contributed by atoms with E-state index in [4.69, 9.17) is 9.47 Å². The second kappa shape index (κ2) is 9.33. The van der Waals surface area contributed by atoms with Crippen LogP contribution in [0.2, 0.25) is 0 Å². The fourth-order valence-corrected chi connectivity index (χ4v) is 2.72. The van der Waals surface area contributed by atoms with Crippen molar-refractivity contribution in [1.29, 1.82) is 0 Å². The second-order valence-corrected chi connectivity index (χ2v) is 6.65. The van der Waals surface area contributed by atoms with Crippen molar-refractivity contribution >= 4 is 11.9 Å². The van der Waals surface area contributed by atoms with Crippen LogP contribution in [0.5, 0.6) is 23.0 Å². The Balaban J connectivity index is 1.92. The molecule has 0 aliphatic rings. The largest absolute Gasteiger partial charge is 0.508 e. The molecule has 0 heterocycles. The number of aryl methyl sites for hydroxylation is 2. The Kier molecular flexibility index (Phi) is 7.09. The Labute approximate surface area is 171 Å². The number of aromatic hydroxyl groups is 4. The molecule has 2 aromatic rings.